The molecule has 0 aliphatic heterocycles. The van der Waals surface area contributed by atoms with Crippen LogP contribution in [0, 0.1) is 0 Å². The summed E-state index contributed by atoms with van der Waals surface area (Å²) in [5.41, 5.74) is 7.01. The van der Waals surface area contributed by atoms with Gasteiger partial charge in [-0.15, -0.1) is 0 Å². The molecule has 0 aliphatic carbocycles. The summed E-state index contributed by atoms with van der Waals surface area (Å²) in [5.74, 6) is -0.129. The molecule has 0 bridgehead atoms. The van der Waals surface area contributed by atoms with E-state index in [1.807, 2.05) is 24.3 Å². The molecule has 0 saturated heterocycles. The fraction of sp³-hybridized carbons (Fsp3) is 0.0769. The van der Waals surface area contributed by atoms with E-state index in [0.717, 1.165) is 10.2 Å². The van der Waals surface area contributed by atoms with Crippen LogP contribution in [0.1, 0.15) is 5.69 Å². The van der Waals surface area contributed by atoms with Gasteiger partial charge in [0, 0.05) is 16.4 Å². The topological polar surface area (TPSA) is 60.0 Å². The molecule has 0 aliphatic rings. The van der Waals surface area contributed by atoms with Crippen LogP contribution < -0.4 is 11.1 Å². The molecule has 0 radical (unpaired) electrons. The Hall–Kier alpha value is -1.66. The third-order valence-electron chi connectivity index (χ3n) is 2.52. The lowest BCUT2D eigenvalue weighted by Gasteiger charge is -2.09. The van der Waals surface area contributed by atoms with Crippen molar-refractivity contribution in [3.63, 3.8) is 0 Å². The Morgan fingerprint density at radius 1 is 1.32 bits per heavy atom. The van der Waals surface area contributed by atoms with Crippen LogP contribution in [0.3, 0.4) is 0 Å². The van der Waals surface area contributed by atoms with Crippen molar-refractivity contribution in [1.82, 2.24) is 4.57 Å². The molecule has 0 atom stereocenters. The number of hydrogen-bond donors (Lipinski definition) is 2. The van der Waals surface area contributed by atoms with Crippen LogP contribution in [0.2, 0.25) is 0 Å². The van der Waals surface area contributed by atoms with Crippen molar-refractivity contribution in [3.8, 4) is 0 Å². The number of amides is 1. The lowest BCUT2D eigenvalue weighted by molar-refractivity contribution is -0.116. The molecule has 6 heteroatoms. The van der Waals surface area contributed by atoms with E-state index in [-0.39, 0.29) is 17.4 Å². The molecule has 0 fully saturated rings. The number of aromatic nitrogens is 1. The monoisotopic (exact) mass is 337 g/mol. The predicted octanol–water partition coefficient (Wildman–Crippen LogP) is 2.52. The van der Waals surface area contributed by atoms with Crippen LogP contribution >= 0.6 is 28.1 Å². The van der Waals surface area contributed by atoms with Crippen LogP contribution in [-0.2, 0) is 11.3 Å². The highest BCUT2D eigenvalue weighted by molar-refractivity contribution is 9.10. The van der Waals surface area contributed by atoms with Gasteiger partial charge in [-0.25, -0.2) is 0 Å². The highest BCUT2D eigenvalue weighted by Gasteiger charge is 2.08. The number of anilines is 1. The first kappa shape index (κ1) is 13.8. The van der Waals surface area contributed by atoms with Gasteiger partial charge in [-0.05, 0) is 36.4 Å². The zero-order valence-electron chi connectivity index (χ0n) is 9.97. The Morgan fingerprint density at radius 3 is 2.63 bits per heavy atom. The smallest absolute Gasteiger partial charge is 0.244 e. The van der Waals surface area contributed by atoms with Gasteiger partial charge in [0.05, 0.1) is 5.69 Å². The standard InChI is InChI=1S/C13H12BrN3OS/c14-9-3-5-10(6-4-9)16-12(18)8-17-7-1-2-11(17)13(15)19/h1-7H,8H2,(H2,15,19)(H,16,18). The van der Waals surface area contributed by atoms with E-state index >= 15 is 0 Å². The second kappa shape index (κ2) is 5.99. The molecule has 2 rings (SSSR count). The van der Waals surface area contributed by atoms with Gasteiger partial charge in [0.1, 0.15) is 11.5 Å². The number of halogens is 1. The number of carbonyl (C=O) groups excluding carboxylic acids is 1. The van der Waals surface area contributed by atoms with Crippen LogP contribution in [0.15, 0.2) is 47.1 Å². The molecule has 3 N–H and O–H groups in total. The molecule has 2 aromatic rings. The van der Waals surface area contributed by atoms with E-state index in [1.165, 1.54) is 0 Å². The summed E-state index contributed by atoms with van der Waals surface area (Å²) in [4.78, 5) is 12.2. The summed E-state index contributed by atoms with van der Waals surface area (Å²) >= 11 is 8.26. The minimum atomic E-state index is -0.129. The first-order valence-corrected chi connectivity index (χ1v) is 6.77. The Kier molecular flexibility index (Phi) is 4.34. The van der Waals surface area contributed by atoms with Crippen molar-refractivity contribution in [2.75, 3.05) is 5.32 Å². The van der Waals surface area contributed by atoms with E-state index in [4.69, 9.17) is 18.0 Å². The number of carbonyl (C=O) groups is 1. The third-order valence-corrected chi connectivity index (χ3v) is 3.26. The van der Waals surface area contributed by atoms with Gasteiger partial charge >= 0.3 is 0 Å². The first-order valence-electron chi connectivity index (χ1n) is 5.56. The normalized spacial score (nSPS) is 10.2. The number of thiocarbonyl (C=S) groups is 1. The zero-order valence-corrected chi connectivity index (χ0v) is 12.4. The van der Waals surface area contributed by atoms with E-state index in [1.54, 1.807) is 22.9 Å². The lowest BCUT2D eigenvalue weighted by atomic mass is 10.3. The van der Waals surface area contributed by atoms with Crippen LogP contribution in [0.5, 0.6) is 0 Å². The lowest BCUT2D eigenvalue weighted by Crippen LogP contribution is -2.22. The number of rotatable bonds is 4. The molecule has 1 amide bonds. The molecule has 4 nitrogen and oxygen atoms in total. The Labute approximate surface area is 124 Å². The molecule has 1 aromatic carbocycles. The summed E-state index contributed by atoms with van der Waals surface area (Å²) in [6, 6.07) is 11.0. The Balaban J connectivity index is 2.03. The summed E-state index contributed by atoms with van der Waals surface area (Å²) in [6.45, 7) is 0.176. The molecule has 98 valence electrons. The predicted molar refractivity (Wildman–Crippen MR) is 83.1 cm³/mol. The van der Waals surface area contributed by atoms with Crippen molar-refractivity contribution < 1.29 is 4.79 Å². The van der Waals surface area contributed by atoms with Crippen molar-refractivity contribution in [2.24, 2.45) is 5.73 Å². The fourth-order valence-electron chi connectivity index (χ4n) is 1.66. The molecule has 1 aromatic heterocycles. The van der Waals surface area contributed by atoms with Crippen molar-refractivity contribution in [1.29, 1.82) is 0 Å². The number of nitrogens with one attached hydrogen (secondary N) is 1. The Bertz CT molecular complexity index is 607. The molecule has 1 heterocycles. The van der Waals surface area contributed by atoms with E-state index in [2.05, 4.69) is 21.2 Å². The first-order chi connectivity index (χ1) is 9.06. The van der Waals surface area contributed by atoms with E-state index in [0.29, 0.717) is 5.69 Å². The SMILES string of the molecule is NC(=S)c1cccn1CC(=O)Nc1ccc(Br)cc1. The summed E-state index contributed by atoms with van der Waals surface area (Å²) < 4.78 is 2.68. The van der Waals surface area contributed by atoms with Gasteiger partial charge in [0.2, 0.25) is 5.91 Å². The molecule has 0 spiro atoms. The minimum Gasteiger partial charge on any atom is -0.388 e. The maximum absolute atomic E-state index is 11.9. The second-order valence-corrected chi connectivity index (χ2v) is 5.30. The van der Waals surface area contributed by atoms with Gasteiger partial charge in [-0.2, -0.15) is 0 Å². The number of nitrogens with zero attached hydrogens (tertiary/aromatic N) is 1. The summed E-state index contributed by atoms with van der Waals surface area (Å²) in [7, 11) is 0. The molecule has 0 saturated carbocycles. The largest absolute Gasteiger partial charge is 0.388 e. The van der Waals surface area contributed by atoms with Crippen molar-refractivity contribution in [3.05, 3.63) is 52.8 Å². The minimum absolute atomic E-state index is 0.129. The molecular formula is C13H12BrN3OS. The van der Waals surface area contributed by atoms with Gasteiger partial charge in [0.15, 0.2) is 0 Å². The maximum atomic E-state index is 11.9. The van der Waals surface area contributed by atoms with Crippen LogP contribution in [-0.4, -0.2) is 15.5 Å². The highest BCUT2D eigenvalue weighted by atomic mass is 79.9. The molecular weight excluding hydrogens is 326 g/mol. The fourth-order valence-corrected chi connectivity index (χ4v) is 2.11. The maximum Gasteiger partial charge on any atom is 0.244 e. The average Bonchev–Trinajstić information content (AvgIpc) is 2.80. The second-order valence-electron chi connectivity index (χ2n) is 3.94. The number of nitrogens with two attached hydrogens (primary N) is 1. The zero-order chi connectivity index (χ0) is 13.8. The average molecular weight is 338 g/mol. The summed E-state index contributed by atoms with van der Waals surface area (Å²) in [6.07, 6.45) is 1.77. The molecule has 19 heavy (non-hydrogen) atoms. The van der Waals surface area contributed by atoms with Crippen LogP contribution in [0.25, 0.3) is 0 Å². The third kappa shape index (κ3) is 3.65. The van der Waals surface area contributed by atoms with E-state index in [9.17, 15) is 4.79 Å². The van der Waals surface area contributed by atoms with Gasteiger partial charge in [0.25, 0.3) is 0 Å². The number of hydrogen-bond acceptors (Lipinski definition) is 2. The Morgan fingerprint density at radius 2 is 2.00 bits per heavy atom. The van der Waals surface area contributed by atoms with Gasteiger partial charge in [-0.1, -0.05) is 28.1 Å². The van der Waals surface area contributed by atoms with Crippen molar-refractivity contribution >= 4 is 44.7 Å². The van der Waals surface area contributed by atoms with Crippen molar-refractivity contribution in [2.45, 2.75) is 6.54 Å². The molecule has 0 unspecified atom stereocenters. The van der Waals surface area contributed by atoms with Gasteiger partial charge in [-0.3, -0.25) is 4.79 Å². The van der Waals surface area contributed by atoms with Gasteiger partial charge < -0.3 is 15.6 Å². The van der Waals surface area contributed by atoms with E-state index < -0.39 is 0 Å². The summed E-state index contributed by atoms with van der Waals surface area (Å²) in [5, 5.41) is 2.81. The highest BCUT2D eigenvalue weighted by Crippen LogP contribution is 2.14. The van der Waals surface area contributed by atoms with Crippen LogP contribution in [0.4, 0.5) is 5.69 Å². The quantitative estimate of drug-likeness (QED) is 0.843. The number of benzene rings is 1.